The van der Waals surface area contributed by atoms with Crippen LogP contribution in [-0.4, -0.2) is 37.9 Å². The first-order valence-electron chi connectivity index (χ1n) is 24.9. The molecular formula is C51H96O5. The van der Waals surface area contributed by atoms with Crippen molar-refractivity contribution in [2.45, 2.75) is 271 Å². The molecule has 5 nitrogen and oxygen atoms in total. The first-order valence-corrected chi connectivity index (χ1v) is 24.9. The molecule has 0 aromatic rings. The quantitative estimate of drug-likeness (QED) is 0.0349. The van der Waals surface area contributed by atoms with E-state index in [1.54, 1.807) is 0 Å². The molecular weight excluding hydrogens is 693 g/mol. The third kappa shape index (κ3) is 45.1. The number of carbonyl (C=O) groups is 2. The van der Waals surface area contributed by atoms with Gasteiger partial charge in [0, 0.05) is 19.4 Å². The number of unbranched alkanes of at least 4 members (excludes halogenated alkanes) is 31. The average Bonchev–Trinajstić information content (AvgIpc) is 3.20. The number of carbonyl (C=O) groups excluding carboxylic acids is 2. The summed E-state index contributed by atoms with van der Waals surface area (Å²) in [6.45, 7) is 7.81. The predicted molar refractivity (Wildman–Crippen MR) is 242 cm³/mol. The van der Waals surface area contributed by atoms with E-state index in [4.69, 9.17) is 14.2 Å². The van der Waals surface area contributed by atoms with Crippen LogP contribution in [0.3, 0.4) is 0 Å². The molecule has 0 fully saturated rings. The predicted octanol–water partition coefficient (Wildman–Crippen LogP) is 16.5. The molecule has 0 spiro atoms. The summed E-state index contributed by atoms with van der Waals surface area (Å²) < 4.78 is 17.3. The lowest BCUT2D eigenvalue weighted by molar-refractivity contribution is -0.163. The Labute approximate surface area is 349 Å². The minimum absolute atomic E-state index is 0.0853. The van der Waals surface area contributed by atoms with Crippen molar-refractivity contribution in [3.63, 3.8) is 0 Å². The van der Waals surface area contributed by atoms with Gasteiger partial charge in [-0.25, -0.2) is 0 Å². The molecule has 0 saturated carbocycles. The molecule has 0 heterocycles. The molecule has 0 aliphatic heterocycles. The summed E-state index contributed by atoms with van der Waals surface area (Å²) in [5.41, 5.74) is 0. The zero-order valence-electron chi connectivity index (χ0n) is 37.9. The first kappa shape index (κ1) is 54.4. The van der Waals surface area contributed by atoms with Gasteiger partial charge in [0.2, 0.25) is 0 Å². The van der Waals surface area contributed by atoms with Crippen LogP contribution in [0.1, 0.15) is 265 Å². The van der Waals surface area contributed by atoms with Crippen molar-refractivity contribution in [1.29, 1.82) is 0 Å². The Morgan fingerprint density at radius 2 is 0.696 bits per heavy atom. The van der Waals surface area contributed by atoms with Gasteiger partial charge in [0.1, 0.15) is 6.61 Å². The fourth-order valence-electron chi connectivity index (χ4n) is 7.21. The van der Waals surface area contributed by atoms with Crippen molar-refractivity contribution in [2.75, 3.05) is 19.8 Å². The highest BCUT2D eigenvalue weighted by molar-refractivity contribution is 5.70. The number of rotatable bonds is 46. The smallest absolute Gasteiger partial charge is 0.306 e. The summed E-state index contributed by atoms with van der Waals surface area (Å²) >= 11 is 0. The molecule has 330 valence electrons. The SMILES string of the molecule is CCCCCC/C=C\CCCCCCCC(=O)OCC(COCCCCCCCCCC/C=C\CCCCCCCC)OC(=O)CCCCCCCCCCC. The molecule has 56 heavy (non-hydrogen) atoms. The van der Waals surface area contributed by atoms with E-state index in [2.05, 4.69) is 45.1 Å². The van der Waals surface area contributed by atoms with Gasteiger partial charge in [0.15, 0.2) is 6.10 Å². The van der Waals surface area contributed by atoms with Gasteiger partial charge in [-0.1, -0.05) is 206 Å². The summed E-state index contributed by atoms with van der Waals surface area (Å²) in [7, 11) is 0. The third-order valence-electron chi connectivity index (χ3n) is 11.0. The van der Waals surface area contributed by atoms with Crippen LogP contribution < -0.4 is 0 Å². The van der Waals surface area contributed by atoms with E-state index in [0.29, 0.717) is 19.4 Å². The lowest BCUT2D eigenvalue weighted by Gasteiger charge is -2.18. The van der Waals surface area contributed by atoms with E-state index < -0.39 is 6.10 Å². The van der Waals surface area contributed by atoms with E-state index in [9.17, 15) is 9.59 Å². The maximum absolute atomic E-state index is 12.7. The highest BCUT2D eigenvalue weighted by Gasteiger charge is 2.17. The Morgan fingerprint density at radius 1 is 0.375 bits per heavy atom. The van der Waals surface area contributed by atoms with Gasteiger partial charge >= 0.3 is 11.9 Å². The highest BCUT2D eigenvalue weighted by atomic mass is 16.6. The molecule has 0 N–H and O–H groups in total. The van der Waals surface area contributed by atoms with Crippen molar-refractivity contribution in [1.82, 2.24) is 0 Å². The second kappa shape index (κ2) is 47.8. The number of hydrogen-bond acceptors (Lipinski definition) is 5. The van der Waals surface area contributed by atoms with Gasteiger partial charge in [-0.15, -0.1) is 0 Å². The van der Waals surface area contributed by atoms with Crippen LogP contribution in [0.2, 0.25) is 0 Å². The highest BCUT2D eigenvalue weighted by Crippen LogP contribution is 2.14. The number of hydrogen-bond donors (Lipinski definition) is 0. The van der Waals surface area contributed by atoms with E-state index in [-0.39, 0.29) is 25.2 Å². The Balaban J connectivity index is 4.16. The second-order valence-electron chi connectivity index (χ2n) is 16.7. The fraction of sp³-hybridized carbons (Fsp3) is 0.882. The van der Waals surface area contributed by atoms with Gasteiger partial charge in [0.25, 0.3) is 0 Å². The molecule has 0 aliphatic carbocycles. The van der Waals surface area contributed by atoms with Crippen LogP contribution in [0.5, 0.6) is 0 Å². The van der Waals surface area contributed by atoms with Crippen LogP contribution in [0.4, 0.5) is 0 Å². The van der Waals surface area contributed by atoms with E-state index in [1.165, 1.54) is 180 Å². The molecule has 0 bridgehead atoms. The van der Waals surface area contributed by atoms with Crippen LogP contribution in [0, 0.1) is 0 Å². The molecule has 0 rings (SSSR count). The van der Waals surface area contributed by atoms with Crippen molar-refractivity contribution >= 4 is 11.9 Å². The largest absolute Gasteiger partial charge is 0.462 e. The molecule has 1 atom stereocenters. The Morgan fingerprint density at radius 3 is 1.11 bits per heavy atom. The maximum Gasteiger partial charge on any atom is 0.306 e. The van der Waals surface area contributed by atoms with Crippen molar-refractivity contribution < 1.29 is 23.8 Å². The Bertz CT molecular complexity index is 851. The average molecular weight is 789 g/mol. The fourth-order valence-corrected chi connectivity index (χ4v) is 7.21. The topological polar surface area (TPSA) is 61.8 Å². The molecule has 0 aromatic carbocycles. The van der Waals surface area contributed by atoms with Crippen LogP contribution in [-0.2, 0) is 23.8 Å². The normalized spacial score (nSPS) is 12.3. The maximum atomic E-state index is 12.7. The number of esters is 2. The van der Waals surface area contributed by atoms with Crippen molar-refractivity contribution in [3.8, 4) is 0 Å². The summed E-state index contributed by atoms with van der Waals surface area (Å²) in [5, 5.41) is 0. The number of allylic oxidation sites excluding steroid dienone is 4. The molecule has 0 saturated heterocycles. The summed E-state index contributed by atoms with van der Waals surface area (Å²) in [4.78, 5) is 25.2. The van der Waals surface area contributed by atoms with Gasteiger partial charge < -0.3 is 14.2 Å². The second-order valence-corrected chi connectivity index (χ2v) is 16.7. The Kier molecular flexibility index (Phi) is 46.4. The van der Waals surface area contributed by atoms with Gasteiger partial charge in [-0.05, 0) is 70.6 Å². The molecule has 0 amide bonds. The summed E-state index contributed by atoms with van der Waals surface area (Å²) in [5.74, 6) is -0.399. The molecule has 1 unspecified atom stereocenters. The van der Waals surface area contributed by atoms with E-state index in [0.717, 1.165) is 51.4 Å². The van der Waals surface area contributed by atoms with Crippen LogP contribution in [0.25, 0.3) is 0 Å². The standard InChI is InChI=1S/C51H96O5/c1-4-7-10-13-16-19-21-23-24-25-26-27-29-31-34-37-40-43-46-54-47-49(56-51(53)45-42-39-36-32-18-15-12-9-6-3)48-55-50(52)44-41-38-35-33-30-28-22-20-17-14-11-8-5-2/h20,22-24,49H,4-19,21,25-48H2,1-3H3/b22-20-,24-23-. The van der Waals surface area contributed by atoms with Gasteiger partial charge in [-0.2, -0.15) is 0 Å². The van der Waals surface area contributed by atoms with Crippen molar-refractivity contribution in [2.24, 2.45) is 0 Å². The summed E-state index contributed by atoms with van der Waals surface area (Å²) in [6.07, 6.45) is 54.7. The Hall–Kier alpha value is -1.62. The molecule has 5 heteroatoms. The molecule has 0 aliphatic rings. The van der Waals surface area contributed by atoms with E-state index >= 15 is 0 Å². The minimum Gasteiger partial charge on any atom is -0.462 e. The van der Waals surface area contributed by atoms with Crippen LogP contribution >= 0.6 is 0 Å². The zero-order chi connectivity index (χ0) is 40.7. The lowest BCUT2D eigenvalue weighted by atomic mass is 10.1. The van der Waals surface area contributed by atoms with E-state index in [1.807, 2.05) is 0 Å². The molecule has 0 radical (unpaired) electrons. The zero-order valence-corrected chi connectivity index (χ0v) is 37.9. The summed E-state index contributed by atoms with van der Waals surface area (Å²) in [6, 6.07) is 0. The van der Waals surface area contributed by atoms with Crippen molar-refractivity contribution in [3.05, 3.63) is 24.3 Å². The lowest BCUT2D eigenvalue weighted by Crippen LogP contribution is -2.30. The minimum atomic E-state index is -0.532. The number of ether oxygens (including phenoxy) is 3. The first-order chi connectivity index (χ1) is 27.6. The van der Waals surface area contributed by atoms with Crippen LogP contribution in [0.15, 0.2) is 24.3 Å². The van der Waals surface area contributed by atoms with Gasteiger partial charge in [-0.3, -0.25) is 9.59 Å². The molecule has 0 aromatic heterocycles. The monoisotopic (exact) mass is 789 g/mol. The van der Waals surface area contributed by atoms with Gasteiger partial charge in [0.05, 0.1) is 6.61 Å². The third-order valence-corrected chi connectivity index (χ3v) is 11.0.